The SMILES string of the molecule is CC(C)c1cc(C(C)C)c(/C=C/c2c(C(C)C)cc(C(C)C)cc2C(C)C)c(C(C)C)c1. The summed E-state index contributed by atoms with van der Waals surface area (Å²) in [4.78, 5) is 0. The van der Waals surface area contributed by atoms with Crippen molar-refractivity contribution in [2.45, 2.75) is 119 Å². The Morgan fingerprint density at radius 1 is 0.375 bits per heavy atom. The maximum atomic E-state index is 2.45. The standard InChI is InChI=1S/C32H48/c1-19(2)25-15-29(21(5)6)27(30(16-25)22(7)8)13-14-28-31(23(9)10)17-26(20(3)4)18-32(28)24(11)12/h13-24H,1-12H3/b14-13+. The molecule has 0 aliphatic heterocycles. The Kier molecular flexibility index (Phi) is 8.98. The summed E-state index contributed by atoms with van der Waals surface area (Å²) in [7, 11) is 0. The summed E-state index contributed by atoms with van der Waals surface area (Å²) in [5.74, 6) is 3.11. The maximum absolute atomic E-state index is 2.45. The van der Waals surface area contributed by atoms with Crippen LogP contribution < -0.4 is 0 Å². The van der Waals surface area contributed by atoms with E-state index in [2.05, 4.69) is 120 Å². The summed E-state index contributed by atoms with van der Waals surface area (Å²) in [5, 5.41) is 0. The Bertz CT molecular complexity index is 797. The minimum absolute atomic E-state index is 0.503. The summed E-state index contributed by atoms with van der Waals surface area (Å²) in [5.41, 5.74) is 11.7. The van der Waals surface area contributed by atoms with E-state index in [0.29, 0.717) is 35.5 Å². The molecule has 2 aromatic rings. The molecule has 0 N–H and O–H groups in total. The molecule has 0 saturated heterocycles. The Labute approximate surface area is 199 Å². The van der Waals surface area contributed by atoms with E-state index in [1.807, 2.05) is 0 Å². The molecule has 0 aliphatic rings. The molecule has 176 valence electrons. The van der Waals surface area contributed by atoms with Gasteiger partial charge in [-0.05, 0) is 80.0 Å². The summed E-state index contributed by atoms with van der Waals surface area (Å²) < 4.78 is 0. The predicted octanol–water partition coefficient (Wildman–Crippen LogP) is 10.6. The summed E-state index contributed by atoms with van der Waals surface area (Å²) in [6.45, 7) is 27.9. The lowest BCUT2D eigenvalue weighted by Gasteiger charge is -2.23. The van der Waals surface area contributed by atoms with Crippen LogP contribution in [0.5, 0.6) is 0 Å². The van der Waals surface area contributed by atoms with Crippen molar-refractivity contribution in [2.24, 2.45) is 0 Å². The second-order valence-corrected chi connectivity index (χ2v) is 11.5. The minimum atomic E-state index is 0.503. The molecule has 0 aliphatic carbocycles. The van der Waals surface area contributed by atoms with E-state index in [1.54, 1.807) is 0 Å². The highest BCUT2D eigenvalue weighted by Crippen LogP contribution is 2.36. The van der Waals surface area contributed by atoms with Crippen molar-refractivity contribution in [2.75, 3.05) is 0 Å². The highest BCUT2D eigenvalue weighted by molar-refractivity contribution is 5.77. The fraction of sp³-hybridized carbons (Fsp3) is 0.562. The first-order chi connectivity index (χ1) is 14.8. The molecule has 0 radical (unpaired) electrons. The lowest BCUT2D eigenvalue weighted by Crippen LogP contribution is -2.05. The lowest BCUT2D eigenvalue weighted by molar-refractivity contribution is 0.799. The third-order valence-corrected chi connectivity index (χ3v) is 6.77. The Balaban J connectivity index is 2.79. The van der Waals surface area contributed by atoms with Gasteiger partial charge < -0.3 is 0 Å². The van der Waals surface area contributed by atoms with E-state index >= 15 is 0 Å². The van der Waals surface area contributed by atoms with Crippen LogP contribution >= 0.6 is 0 Å². The van der Waals surface area contributed by atoms with Gasteiger partial charge in [-0.25, -0.2) is 0 Å². The van der Waals surface area contributed by atoms with E-state index in [-0.39, 0.29) is 0 Å². The topological polar surface area (TPSA) is 0 Å². The maximum Gasteiger partial charge on any atom is -0.0187 e. The molecule has 2 aromatic carbocycles. The summed E-state index contributed by atoms with van der Waals surface area (Å²) in [6.07, 6.45) is 4.85. The molecule has 0 heterocycles. The molecule has 0 aromatic heterocycles. The molecular weight excluding hydrogens is 384 g/mol. The number of hydrogen-bond donors (Lipinski definition) is 0. The third kappa shape index (κ3) is 5.94. The van der Waals surface area contributed by atoms with E-state index in [9.17, 15) is 0 Å². The fourth-order valence-corrected chi connectivity index (χ4v) is 4.57. The highest BCUT2D eigenvalue weighted by Gasteiger charge is 2.18. The number of hydrogen-bond acceptors (Lipinski definition) is 0. The molecule has 0 unspecified atom stereocenters. The van der Waals surface area contributed by atoms with E-state index < -0.39 is 0 Å². The van der Waals surface area contributed by atoms with Crippen molar-refractivity contribution < 1.29 is 0 Å². The molecule has 0 fully saturated rings. The van der Waals surface area contributed by atoms with Crippen LogP contribution in [0.3, 0.4) is 0 Å². The zero-order valence-electron chi connectivity index (χ0n) is 22.9. The van der Waals surface area contributed by atoms with Gasteiger partial charge in [-0.15, -0.1) is 0 Å². The largest absolute Gasteiger partial charge is 0.0587 e. The van der Waals surface area contributed by atoms with Crippen LogP contribution in [0.2, 0.25) is 0 Å². The molecule has 32 heavy (non-hydrogen) atoms. The molecule has 0 heteroatoms. The van der Waals surface area contributed by atoms with Gasteiger partial charge in [-0.3, -0.25) is 0 Å². The number of rotatable bonds is 8. The molecule has 0 bridgehead atoms. The van der Waals surface area contributed by atoms with Crippen molar-refractivity contribution in [1.29, 1.82) is 0 Å². The zero-order valence-corrected chi connectivity index (χ0v) is 22.9. The second kappa shape index (κ2) is 10.9. The van der Waals surface area contributed by atoms with Gasteiger partial charge in [-0.1, -0.05) is 120 Å². The fourth-order valence-electron chi connectivity index (χ4n) is 4.57. The Morgan fingerprint density at radius 2 is 0.594 bits per heavy atom. The second-order valence-electron chi connectivity index (χ2n) is 11.5. The monoisotopic (exact) mass is 432 g/mol. The van der Waals surface area contributed by atoms with E-state index in [1.165, 1.54) is 44.5 Å². The van der Waals surface area contributed by atoms with Gasteiger partial charge in [0.1, 0.15) is 0 Å². The van der Waals surface area contributed by atoms with Gasteiger partial charge in [-0.2, -0.15) is 0 Å². The van der Waals surface area contributed by atoms with E-state index in [0.717, 1.165) is 0 Å². The number of benzene rings is 2. The average molecular weight is 433 g/mol. The van der Waals surface area contributed by atoms with Gasteiger partial charge in [0, 0.05) is 0 Å². The van der Waals surface area contributed by atoms with Gasteiger partial charge in [0.15, 0.2) is 0 Å². The molecule has 0 atom stereocenters. The normalized spacial score (nSPS) is 12.7. The first kappa shape index (κ1) is 26.4. The van der Waals surface area contributed by atoms with Crippen LogP contribution in [0.1, 0.15) is 163 Å². The first-order valence-electron chi connectivity index (χ1n) is 12.9. The van der Waals surface area contributed by atoms with Crippen molar-refractivity contribution in [3.05, 3.63) is 68.8 Å². The predicted molar refractivity (Wildman–Crippen MR) is 146 cm³/mol. The van der Waals surface area contributed by atoms with Crippen LogP contribution in [0, 0.1) is 0 Å². The summed E-state index contributed by atoms with van der Waals surface area (Å²) in [6, 6.07) is 9.82. The molecular formula is C32H48. The van der Waals surface area contributed by atoms with Crippen molar-refractivity contribution in [1.82, 2.24) is 0 Å². The summed E-state index contributed by atoms with van der Waals surface area (Å²) >= 11 is 0. The van der Waals surface area contributed by atoms with Gasteiger partial charge in [0.25, 0.3) is 0 Å². The molecule has 0 amide bonds. The highest BCUT2D eigenvalue weighted by atomic mass is 14.2. The third-order valence-electron chi connectivity index (χ3n) is 6.77. The molecule has 2 rings (SSSR count). The average Bonchev–Trinajstić information content (AvgIpc) is 2.70. The molecule has 0 nitrogen and oxygen atoms in total. The van der Waals surface area contributed by atoms with Crippen molar-refractivity contribution in [3.8, 4) is 0 Å². The van der Waals surface area contributed by atoms with Crippen molar-refractivity contribution in [3.63, 3.8) is 0 Å². The Morgan fingerprint density at radius 3 is 0.750 bits per heavy atom. The van der Waals surface area contributed by atoms with Crippen LogP contribution in [0.4, 0.5) is 0 Å². The molecule has 0 saturated carbocycles. The van der Waals surface area contributed by atoms with Crippen molar-refractivity contribution >= 4 is 12.2 Å². The molecule has 0 spiro atoms. The van der Waals surface area contributed by atoms with Crippen LogP contribution in [-0.2, 0) is 0 Å². The van der Waals surface area contributed by atoms with Gasteiger partial charge in [0.2, 0.25) is 0 Å². The van der Waals surface area contributed by atoms with Gasteiger partial charge >= 0.3 is 0 Å². The van der Waals surface area contributed by atoms with Crippen LogP contribution in [-0.4, -0.2) is 0 Å². The zero-order chi connectivity index (χ0) is 24.3. The van der Waals surface area contributed by atoms with Crippen LogP contribution in [0.25, 0.3) is 12.2 Å². The quantitative estimate of drug-likeness (QED) is 0.364. The van der Waals surface area contributed by atoms with Gasteiger partial charge in [0.05, 0.1) is 0 Å². The van der Waals surface area contributed by atoms with Crippen LogP contribution in [0.15, 0.2) is 24.3 Å². The Hall–Kier alpha value is -1.82. The van der Waals surface area contributed by atoms with E-state index in [4.69, 9.17) is 0 Å². The first-order valence-corrected chi connectivity index (χ1v) is 12.9. The minimum Gasteiger partial charge on any atom is -0.0587 e. The lowest BCUT2D eigenvalue weighted by atomic mass is 9.82. The smallest absolute Gasteiger partial charge is 0.0187 e.